The van der Waals surface area contributed by atoms with Crippen LogP contribution in [0.3, 0.4) is 0 Å². The fraction of sp³-hybridized carbons (Fsp3) is 0.500. The maximum Gasteiger partial charge on any atom is 0.243 e. The molecule has 1 saturated heterocycles. The van der Waals surface area contributed by atoms with Crippen molar-refractivity contribution in [3.63, 3.8) is 0 Å². The van der Waals surface area contributed by atoms with Crippen molar-refractivity contribution >= 4 is 21.6 Å². The van der Waals surface area contributed by atoms with Gasteiger partial charge in [-0.2, -0.15) is 4.31 Å². The lowest BCUT2D eigenvalue weighted by Gasteiger charge is -2.26. The molecule has 7 nitrogen and oxygen atoms in total. The Bertz CT molecular complexity index is 1140. The Balaban J connectivity index is 1.22. The number of sulfonamides is 1. The van der Waals surface area contributed by atoms with Gasteiger partial charge in [0.25, 0.3) is 0 Å². The highest BCUT2D eigenvalue weighted by molar-refractivity contribution is 7.89. The Labute approximate surface area is 201 Å². The Kier molecular flexibility index (Phi) is 6.90. The number of rotatable bonds is 7. The van der Waals surface area contributed by atoms with E-state index in [2.05, 4.69) is 0 Å². The van der Waals surface area contributed by atoms with E-state index in [1.165, 1.54) is 17.1 Å². The molecule has 5 rings (SSSR count). The van der Waals surface area contributed by atoms with Crippen LogP contribution < -0.4 is 9.64 Å². The second kappa shape index (κ2) is 10.1. The third-order valence-corrected chi connectivity index (χ3v) is 8.88. The molecular weight excluding hydrogens is 452 g/mol. The van der Waals surface area contributed by atoms with E-state index in [1.807, 2.05) is 24.3 Å². The molecule has 0 bridgehead atoms. The van der Waals surface area contributed by atoms with Crippen molar-refractivity contribution in [3.8, 4) is 5.75 Å². The zero-order chi connectivity index (χ0) is 23.5. The van der Waals surface area contributed by atoms with Crippen molar-refractivity contribution in [1.29, 1.82) is 0 Å². The molecule has 2 aromatic rings. The van der Waals surface area contributed by atoms with Crippen LogP contribution in [0.1, 0.15) is 43.2 Å². The number of carbonyl (C=O) groups is 1. The molecule has 2 aromatic carbocycles. The summed E-state index contributed by atoms with van der Waals surface area (Å²) in [4.78, 5) is 15.1. The first-order valence-electron chi connectivity index (χ1n) is 12.3. The van der Waals surface area contributed by atoms with Gasteiger partial charge < -0.3 is 14.4 Å². The number of morpholine rings is 1. The summed E-state index contributed by atoms with van der Waals surface area (Å²) in [6.45, 7) is 2.16. The molecule has 1 amide bonds. The van der Waals surface area contributed by atoms with Crippen molar-refractivity contribution in [3.05, 3.63) is 53.6 Å². The number of anilines is 1. The SMILES string of the molecule is O=C(CCc1cccc(OC2CCCC2)c1)N1CCc2cc(S(=O)(=O)N3CCOCC3)ccc21. The smallest absolute Gasteiger partial charge is 0.243 e. The van der Waals surface area contributed by atoms with Gasteiger partial charge in [-0.1, -0.05) is 12.1 Å². The number of aryl methyl sites for hydroxylation is 1. The highest BCUT2D eigenvalue weighted by Gasteiger charge is 2.30. The van der Waals surface area contributed by atoms with E-state index in [-0.39, 0.29) is 5.91 Å². The molecule has 34 heavy (non-hydrogen) atoms. The number of benzene rings is 2. The van der Waals surface area contributed by atoms with E-state index < -0.39 is 10.0 Å². The summed E-state index contributed by atoms with van der Waals surface area (Å²) in [5.41, 5.74) is 2.83. The lowest BCUT2D eigenvalue weighted by Crippen LogP contribution is -2.40. The Morgan fingerprint density at radius 1 is 1.03 bits per heavy atom. The van der Waals surface area contributed by atoms with Crippen LogP contribution in [-0.4, -0.2) is 57.6 Å². The first-order chi connectivity index (χ1) is 16.5. The molecule has 2 aliphatic heterocycles. The molecular formula is C26H32N2O5S. The molecule has 0 aromatic heterocycles. The standard InChI is InChI=1S/C26H32N2O5S/c29-26(11-8-20-4-3-7-23(18-20)33-22-5-1-2-6-22)28-13-12-21-19-24(9-10-25(21)28)34(30,31)27-14-16-32-17-15-27/h3-4,7,9-10,18-19,22H,1-2,5-6,8,11-17H2. The van der Waals surface area contributed by atoms with Crippen LogP contribution in [0.5, 0.6) is 5.75 Å². The van der Waals surface area contributed by atoms with Gasteiger partial charge >= 0.3 is 0 Å². The second-order valence-electron chi connectivity index (χ2n) is 9.27. The molecule has 0 N–H and O–H groups in total. The molecule has 0 spiro atoms. The van der Waals surface area contributed by atoms with Gasteiger partial charge in [-0.3, -0.25) is 4.79 Å². The van der Waals surface area contributed by atoms with Gasteiger partial charge in [0.2, 0.25) is 15.9 Å². The summed E-state index contributed by atoms with van der Waals surface area (Å²) in [5.74, 6) is 0.946. The predicted molar refractivity (Wildman–Crippen MR) is 130 cm³/mol. The monoisotopic (exact) mass is 484 g/mol. The number of hydrogen-bond donors (Lipinski definition) is 0. The molecule has 0 atom stereocenters. The van der Waals surface area contributed by atoms with Crippen LogP contribution in [0.4, 0.5) is 5.69 Å². The van der Waals surface area contributed by atoms with Crippen LogP contribution in [-0.2, 0) is 32.4 Å². The fourth-order valence-electron chi connectivity index (χ4n) is 5.09. The number of nitrogens with zero attached hydrogens (tertiary/aromatic N) is 2. The number of amides is 1. The maximum atomic E-state index is 13.0. The van der Waals surface area contributed by atoms with Gasteiger partial charge in [0.1, 0.15) is 5.75 Å². The fourth-order valence-corrected chi connectivity index (χ4v) is 6.55. The van der Waals surface area contributed by atoms with Crippen molar-refractivity contribution in [1.82, 2.24) is 4.31 Å². The quantitative estimate of drug-likeness (QED) is 0.601. The number of fused-ring (bicyclic) bond motifs is 1. The van der Waals surface area contributed by atoms with E-state index in [1.54, 1.807) is 23.1 Å². The minimum Gasteiger partial charge on any atom is -0.490 e. The summed E-state index contributed by atoms with van der Waals surface area (Å²) < 4.78 is 38.8. The number of carbonyl (C=O) groups excluding carboxylic acids is 1. The molecule has 8 heteroatoms. The molecule has 3 aliphatic rings. The van der Waals surface area contributed by atoms with Crippen molar-refractivity contribution in [2.24, 2.45) is 0 Å². The second-order valence-corrected chi connectivity index (χ2v) is 11.2. The number of ether oxygens (including phenoxy) is 2. The van der Waals surface area contributed by atoms with Gasteiger partial charge in [-0.25, -0.2) is 8.42 Å². The van der Waals surface area contributed by atoms with Gasteiger partial charge in [-0.15, -0.1) is 0 Å². The largest absolute Gasteiger partial charge is 0.490 e. The third kappa shape index (κ3) is 4.99. The van der Waals surface area contributed by atoms with E-state index in [4.69, 9.17) is 9.47 Å². The molecule has 1 aliphatic carbocycles. The molecule has 0 radical (unpaired) electrons. The van der Waals surface area contributed by atoms with Gasteiger partial charge in [-0.05, 0) is 80.0 Å². The van der Waals surface area contributed by atoms with Gasteiger partial charge in [0, 0.05) is 31.7 Å². The highest BCUT2D eigenvalue weighted by atomic mass is 32.2. The van der Waals surface area contributed by atoms with Crippen LogP contribution >= 0.6 is 0 Å². The molecule has 2 heterocycles. The summed E-state index contributed by atoms with van der Waals surface area (Å²) in [6, 6.07) is 13.2. The van der Waals surface area contributed by atoms with Crippen LogP contribution in [0, 0.1) is 0 Å². The molecule has 182 valence electrons. The maximum absolute atomic E-state index is 13.0. The Morgan fingerprint density at radius 2 is 1.82 bits per heavy atom. The van der Waals surface area contributed by atoms with E-state index in [0.29, 0.717) is 63.1 Å². The molecule has 0 unspecified atom stereocenters. The Morgan fingerprint density at radius 3 is 2.62 bits per heavy atom. The summed E-state index contributed by atoms with van der Waals surface area (Å²) in [5, 5.41) is 0. The minimum atomic E-state index is -3.54. The average Bonchev–Trinajstić information content (AvgIpc) is 3.53. The zero-order valence-corrected chi connectivity index (χ0v) is 20.3. The topological polar surface area (TPSA) is 76.2 Å². The third-order valence-electron chi connectivity index (χ3n) is 6.99. The molecule has 2 fully saturated rings. The summed E-state index contributed by atoms with van der Waals surface area (Å²) in [7, 11) is -3.54. The van der Waals surface area contributed by atoms with Crippen LogP contribution in [0.15, 0.2) is 47.4 Å². The predicted octanol–water partition coefficient (Wildman–Crippen LogP) is 3.55. The normalized spacial score (nSPS) is 19.4. The summed E-state index contributed by atoms with van der Waals surface area (Å²) >= 11 is 0. The van der Waals surface area contributed by atoms with E-state index >= 15 is 0 Å². The van der Waals surface area contributed by atoms with Crippen LogP contribution in [0.25, 0.3) is 0 Å². The highest BCUT2D eigenvalue weighted by Crippen LogP contribution is 2.32. The first-order valence-corrected chi connectivity index (χ1v) is 13.7. The summed E-state index contributed by atoms with van der Waals surface area (Å²) in [6.07, 6.45) is 6.73. The van der Waals surface area contributed by atoms with Crippen LogP contribution in [0.2, 0.25) is 0 Å². The lowest BCUT2D eigenvalue weighted by atomic mass is 10.1. The van der Waals surface area contributed by atoms with E-state index in [9.17, 15) is 13.2 Å². The van der Waals surface area contributed by atoms with Gasteiger partial charge in [0.15, 0.2) is 0 Å². The van der Waals surface area contributed by atoms with Crippen molar-refractivity contribution in [2.75, 3.05) is 37.7 Å². The average molecular weight is 485 g/mol. The first kappa shape index (κ1) is 23.3. The number of hydrogen-bond acceptors (Lipinski definition) is 5. The van der Waals surface area contributed by atoms with Crippen molar-refractivity contribution in [2.45, 2.75) is 55.9 Å². The minimum absolute atomic E-state index is 0.0599. The lowest BCUT2D eigenvalue weighted by molar-refractivity contribution is -0.118. The van der Waals surface area contributed by atoms with Gasteiger partial charge in [0.05, 0.1) is 24.2 Å². The van der Waals surface area contributed by atoms with Crippen molar-refractivity contribution < 1.29 is 22.7 Å². The Hall–Kier alpha value is -2.42. The van der Waals surface area contributed by atoms with E-state index in [0.717, 1.165) is 35.4 Å². The zero-order valence-electron chi connectivity index (χ0n) is 19.4. The molecule has 1 saturated carbocycles.